The Morgan fingerprint density at radius 3 is 2.61 bits per heavy atom. The van der Waals surface area contributed by atoms with Gasteiger partial charge in [0.15, 0.2) is 11.6 Å². The summed E-state index contributed by atoms with van der Waals surface area (Å²) in [5, 5.41) is 0. The molecule has 0 amide bonds. The van der Waals surface area contributed by atoms with Crippen LogP contribution in [0.1, 0.15) is 40.0 Å². The van der Waals surface area contributed by atoms with E-state index in [-0.39, 0.29) is 5.83 Å². The quantitative estimate of drug-likeness (QED) is 0.652. The van der Waals surface area contributed by atoms with Crippen LogP contribution in [-0.4, -0.2) is 31.1 Å². The first-order valence-corrected chi connectivity index (χ1v) is 7.04. The summed E-state index contributed by atoms with van der Waals surface area (Å²) in [7, 11) is 0. The zero-order chi connectivity index (χ0) is 13.4. The molecule has 2 nitrogen and oxygen atoms in total. The summed E-state index contributed by atoms with van der Waals surface area (Å²) in [6.45, 7) is 10.2. The molecule has 0 atom stereocenters. The van der Waals surface area contributed by atoms with Crippen LogP contribution in [0.15, 0.2) is 23.7 Å². The van der Waals surface area contributed by atoms with Crippen molar-refractivity contribution in [3.63, 3.8) is 0 Å². The van der Waals surface area contributed by atoms with Crippen LogP contribution < -0.4 is 0 Å². The molecular weight excluding hydrogens is 229 g/mol. The van der Waals surface area contributed by atoms with Gasteiger partial charge in [-0.05, 0) is 50.4 Å². The molecule has 3 heteroatoms. The lowest BCUT2D eigenvalue weighted by Crippen LogP contribution is -2.29. The molecule has 18 heavy (non-hydrogen) atoms. The third kappa shape index (κ3) is 5.67. The van der Waals surface area contributed by atoms with Gasteiger partial charge in [0.25, 0.3) is 0 Å². The van der Waals surface area contributed by atoms with Crippen LogP contribution in [0.5, 0.6) is 0 Å². The van der Waals surface area contributed by atoms with E-state index in [1.54, 1.807) is 6.08 Å². The van der Waals surface area contributed by atoms with Crippen molar-refractivity contribution in [1.29, 1.82) is 0 Å². The van der Waals surface area contributed by atoms with Crippen molar-refractivity contribution < 1.29 is 9.13 Å². The van der Waals surface area contributed by atoms with Gasteiger partial charge in [-0.15, -0.1) is 0 Å². The molecule has 104 valence electrons. The van der Waals surface area contributed by atoms with Gasteiger partial charge in [-0.2, -0.15) is 0 Å². The first-order chi connectivity index (χ1) is 8.63. The summed E-state index contributed by atoms with van der Waals surface area (Å²) >= 11 is 0. The molecule has 0 spiro atoms. The first-order valence-electron chi connectivity index (χ1n) is 7.04. The Hall–Kier alpha value is -0.830. The second kappa shape index (κ2) is 8.30. The van der Waals surface area contributed by atoms with Crippen LogP contribution in [0.3, 0.4) is 0 Å². The van der Waals surface area contributed by atoms with Crippen molar-refractivity contribution in [2.24, 2.45) is 5.92 Å². The van der Waals surface area contributed by atoms with Crippen molar-refractivity contribution in [1.82, 2.24) is 4.90 Å². The smallest absolute Gasteiger partial charge is 0.160 e. The van der Waals surface area contributed by atoms with Gasteiger partial charge in [-0.25, -0.2) is 4.39 Å². The van der Waals surface area contributed by atoms with Crippen LogP contribution in [0, 0.1) is 5.92 Å². The second-order valence-corrected chi connectivity index (χ2v) is 5.16. The molecule has 0 aromatic rings. The van der Waals surface area contributed by atoms with E-state index in [0.717, 1.165) is 38.4 Å². The Kier molecular flexibility index (Phi) is 7.02. The highest BCUT2D eigenvalue weighted by molar-refractivity contribution is 5.22. The number of nitrogens with zero attached hydrogens (tertiary/aromatic N) is 1. The third-order valence-electron chi connectivity index (χ3n) is 3.19. The summed E-state index contributed by atoms with van der Waals surface area (Å²) in [6.07, 6.45) is 6.32. The number of allylic oxidation sites excluding steroid dienone is 3. The first kappa shape index (κ1) is 15.2. The predicted molar refractivity (Wildman–Crippen MR) is 74.0 cm³/mol. The number of rotatable bonds is 8. The molecule has 0 N–H and O–H groups in total. The summed E-state index contributed by atoms with van der Waals surface area (Å²) in [4.78, 5) is 2.35. The van der Waals surface area contributed by atoms with Crippen molar-refractivity contribution >= 4 is 0 Å². The maximum atomic E-state index is 13.4. The molecule has 1 aliphatic carbocycles. The molecule has 0 aliphatic heterocycles. The summed E-state index contributed by atoms with van der Waals surface area (Å²) < 4.78 is 18.9. The fourth-order valence-corrected chi connectivity index (χ4v) is 1.90. The predicted octanol–water partition coefficient (Wildman–Crippen LogP) is 3.90. The zero-order valence-corrected chi connectivity index (χ0v) is 11.9. The molecule has 1 rings (SSSR count). The minimum absolute atomic E-state index is 0.202. The number of hydrogen-bond acceptors (Lipinski definition) is 2. The van der Waals surface area contributed by atoms with E-state index in [1.807, 2.05) is 6.08 Å². The van der Waals surface area contributed by atoms with Gasteiger partial charge < -0.3 is 9.64 Å². The minimum atomic E-state index is -0.202. The van der Waals surface area contributed by atoms with Gasteiger partial charge >= 0.3 is 0 Å². The van der Waals surface area contributed by atoms with E-state index in [0.29, 0.717) is 12.4 Å². The minimum Gasteiger partial charge on any atom is -0.490 e. The average molecular weight is 255 g/mol. The third-order valence-corrected chi connectivity index (χ3v) is 3.19. The molecule has 0 unspecified atom stereocenters. The zero-order valence-electron chi connectivity index (χ0n) is 11.9. The van der Waals surface area contributed by atoms with Gasteiger partial charge in [-0.3, -0.25) is 0 Å². The highest BCUT2D eigenvalue weighted by Gasteiger charge is 2.10. The topological polar surface area (TPSA) is 12.5 Å². The molecule has 0 bridgehead atoms. The van der Waals surface area contributed by atoms with E-state index in [4.69, 9.17) is 4.74 Å². The van der Waals surface area contributed by atoms with Crippen molar-refractivity contribution in [2.75, 3.05) is 26.2 Å². The van der Waals surface area contributed by atoms with Gasteiger partial charge in [0.2, 0.25) is 0 Å². The van der Waals surface area contributed by atoms with Gasteiger partial charge in [0.1, 0.15) is 6.61 Å². The Morgan fingerprint density at radius 1 is 1.28 bits per heavy atom. The molecular formula is C15H26FNO. The Labute approximate surface area is 111 Å². The van der Waals surface area contributed by atoms with Crippen LogP contribution in [0.2, 0.25) is 0 Å². The van der Waals surface area contributed by atoms with E-state index >= 15 is 0 Å². The van der Waals surface area contributed by atoms with E-state index in [2.05, 4.69) is 25.7 Å². The van der Waals surface area contributed by atoms with Crippen LogP contribution >= 0.6 is 0 Å². The van der Waals surface area contributed by atoms with Crippen LogP contribution in [0.25, 0.3) is 0 Å². The molecule has 0 radical (unpaired) electrons. The number of likely N-dealkylation sites (N-methyl/N-ethyl adjacent to an activating group) is 1. The largest absolute Gasteiger partial charge is 0.490 e. The highest BCUT2D eigenvalue weighted by atomic mass is 19.1. The molecule has 0 heterocycles. The summed E-state index contributed by atoms with van der Waals surface area (Å²) in [5.74, 6) is 0.953. The van der Waals surface area contributed by atoms with Crippen LogP contribution in [0.4, 0.5) is 4.39 Å². The lowest BCUT2D eigenvalue weighted by Gasteiger charge is -2.22. The maximum Gasteiger partial charge on any atom is 0.160 e. The van der Waals surface area contributed by atoms with Crippen molar-refractivity contribution in [3.05, 3.63) is 23.7 Å². The molecule has 0 fully saturated rings. The lowest BCUT2D eigenvalue weighted by atomic mass is 10.1. The number of ether oxygens (including phenoxy) is 1. The fraction of sp³-hybridized carbons (Fsp3) is 0.733. The molecule has 0 aromatic heterocycles. The molecule has 1 aliphatic rings. The molecule has 0 aromatic carbocycles. The number of halogens is 1. The highest BCUT2D eigenvalue weighted by Crippen LogP contribution is 2.20. The maximum absolute atomic E-state index is 13.4. The summed E-state index contributed by atoms with van der Waals surface area (Å²) in [5.41, 5.74) is 0. The second-order valence-electron chi connectivity index (χ2n) is 5.16. The normalized spacial score (nSPS) is 15.9. The van der Waals surface area contributed by atoms with Crippen molar-refractivity contribution in [3.8, 4) is 0 Å². The lowest BCUT2D eigenvalue weighted by molar-refractivity contribution is 0.154. The van der Waals surface area contributed by atoms with Crippen LogP contribution in [-0.2, 0) is 4.74 Å². The van der Waals surface area contributed by atoms with E-state index < -0.39 is 0 Å². The molecule has 0 saturated heterocycles. The fourth-order valence-electron chi connectivity index (χ4n) is 1.90. The average Bonchev–Trinajstić information content (AvgIpc) is 2.35. The SMILES string of the molecule is CCN(CCOC1=CCCC=C1F)CCC(C)C. The van der Waals surface area contributed by atoms with Gasteiger partial charge in [0.05, 0.1) is 0 Å². The standard InChI is InChI=1S/C15H26FNO/c1-4-17(10-9-13(2)3)11-12-18-15-8-6-5-7-14(15)16/h7-8,13H,4-6,9-12H2,1-3H3. The Bertz CT molecular complexity index is 297. The molecule has 0 saturated carbocycles. The van der Waals surface area contributed by atoms with E-state index in [1.165, 1.54) is 6.42 Å². The van der Waals surface area contributed by atoms with Crippen molar-refractivity contribution in [2.45, 2.75) is 40.0 Å². The summed E-state index contributed by atoms with van der Waals surface area (Å²) in [6, 6.07) is 0. The Morgan fingerprint density at radius 2 is 2.00 bits per heavy atom. The number of hydrogen-bond donors (Lipinski definition) is 0. The van der Waals surface area contributed by atoms with Gasteiger partial charge in [-0.1, -0.05) is 20.8 Å². The monoisotopic (exact) mass is 255 g/mol. The van der Waals surface area contributed by atoms with E-state index in [9.17, 15) is 4.39 Å². The van der Waals surface area contributed by atoms with Gasteiger partial charge in [0, 0.05) is 6.54 Å². The Balaban J connectivity index is 2.22.